The lowest BCUT2D eigenvalue weighted by atomic mass is 9.92. The molecule has 0 aliphatic carbocycles. The summed E-state index contributed by atoms with van der Waals surface area (Å²) in [5.41, 5.74) is 1.46. The predicted molar refractivity (Wildman–Crippen MR) is 85.1 cm³/mol. The van der Waals surface area contributed by atoms with Gasteiger partial charge in [-0.05, 0) is 11.8 Å². The molecule has 2 heterocycles. The summed E-state index contributed by atoms with van der Waals surface area (Å²) in [5, 5.41) is 4.35. The van der Waals surface area contributed by atoms with Gasteiger partial charge in [-0.25, -0.2) is 9.97 Å². The predicted octanol–water partition coefficient (Wildman–Crippen LogP) is 5.15. The van der Waals surface area contributed by atoms with Crippen LogP contribution in [-0.2, 0) is 11.8 Å². The van der Waals surface area contributed by atoms with Crippen molar-refractivity contribution in [3.05, 3.63) is 21.5 Å². The van der Waals surface area contributed by atoms with Crippen LogP contribution < -0.4 is 0 Å². The third-order valence-corrected chi connectivity index (χ3v) is 4.91. The van der Waals surface area contributed by atoms with E-state index in [1.807, 2.05) is 6.20 Å². The fraction of sp³-hybridized carbons (Fsp3) is 0.600. The summed E-state index contributed by atoms with van der Waals surface area (Å²) in [6.45, 7) is 13.4. The highest BCUT2D eigenvalue weighted by molar-refractivity contribution is 7.15. The van der Waals surface area contributed by atoms with E-state index in [0.717, 1.165) is 17.1 Å². The SMILES string of the molecule is CC(C)(C)Cc1cnc(-c2csc(C(C)(C)C)n2)s1. The second kappa shape index (κ2) is 4.98. The van der Waals surface area contributed by atoms with E-state index in [2.05, 4.69) is 51.9 Å². The first-order chi connectivity index (χ1) is 8.65. The molecule has 0 atom stereocenters. The monoisotopic (exact) mass is 294 g/mol. The number of hydrogen-bond donors (Lipinski definition) is 0. The molecule has 2 aromatic rings. The lowest BCUT2D eigenvalue weighted by molar-refractivity contribution is 0.414. The van der Waals surface area contributed by atoms with Gasteiger partial charge in [0.2, 0.25) is 0 Å². The van der Waals surface area contributed by atoms with Crippen LogP contribution in [0.2, 0.25) is 0 Å². The molecule has 0 fully saturated rings. The van der Waals surface area contributed by atoms with E-state index in [-0.39, 0.29) is 5.41 Å². The van der Waals surface area contributed by atoms with Crippen molar-refractivity contribution in [2.75, 3.05) is 0 Å². The smallest absolute Gasteiger partial charge is 0.142 e. The molecule has 19 heavy (non-hydrogen) atoms. The van der Waals surface area contributed by atoms with E-state index in [0.29, 0.717) is 5.41 Å². The van der Waals surface area contributed by atoms with Crippen molar-refractivity contribution >= 4 is 22.7 Å². The second-order valence-electron chi connectivity index (χ2n) is 7.16. The molecule has 4 heteroatoms. The Morgan fingerprint density at radius 3 is 2.32 bits per heavy atom. The van der Waals surface area contributed by atoms with E-state index in [4.69, 9.17) is 4.98 Å². The minimum absolute atomic E-state index is 0.119. The number of rotatable bonds is 2. The van der Waals surface area contributed by atoms with Gasteiger partial charge in [-0.15, -0.1) is 22.7 Å². The van der Waals surface area contributed by atoms with Crippen LogP contribution in [0.25, 0.3) is 10.7 Å². The molecular weight excluding hydrogens is 272 g/mol. The molecule has 0 N–H and O–H groups in total. The van der Waals surface area contributed by atoms with Crippen LogP contribution in [-0.4, -0.2) is 9.97 Å². The van der Waals surface area contributed by atoms with E-state index < -0.39 is 0 Å². The van der Waals surface area contributed by atoms with Crippen LogP contribution >= 0.6 is 22.7 Å². The normalized spacial score (nSPS) is 12.9. The van der Waals surface area contributed by atoms with Gasteiger partial charge in [0.1, 0.15) is 10.7 Å². The van der Waals surface area contributed by atoms with Crippen molar-refractivity contribution < 1.29 is 0 Å². The van der Waals surface area contributed by atoms with Crippen LogP contribution in [0.15, 0.2) is 11.6 Å². The van der Waals surface area contributed by atoms with Crippen molar-refractivity contribution in [2.45, 2.75) is 53.4 Å². The van der Waals surface area contributed by atoms with Gasteiger partial charge in [0.25, 0.3) is 0 Å². The molecule has 0 radical (unpaired) electrons. The third kappa shape index (κ3) is 3.86. The molecule has 2 aromatic heterocycles. The first kappa shape index (κ1) is 14.7. The summed E-state index contributed by atoms with van der Waals surface area (Å²) >= 11 is 3.50. The van der Waals surface area contributed by atoms with Crippen LogP contribution in [0.4, 0.5) is 0 Å². The van der Waals surface area contributed by atoms with Crippen molar-refractivity contribution in [3.8, 4) is 10.7 Å². The largest absolute Gasteiger partial charge is 0.243 e. The Morgan fingerprint density at radius 1 is 1.11 bits per heavy atom. The molecule has 2 rings (SSSR count). The molecule has 0 aliphatic rings. The zero-order valence-corrected chi connectivity index (χ0v) is 14.2. The summed E-state index contributed by atoms with van der Waals surface area (Å²) in [6, 6.07) is 0. The van der Waals surface area contributed by atoms with Crippen LogP contribution in [0, 0.1) is 5.41 Å². The maximum absolute atomic E-state index is 4.73. The maximum atomic E-state index is 4.73. The molecule has 0 aliphatic heterocycles. The third-order valence-electron chi connectivity index (χ3n) is 2.62. The highest BCUT2D eigenvalue weighted by Gasteiger charge is 2.20. The molecule has 0 saturated heterocycles. The molecule has 0 unspecified atom stereocenters. The van der Waals surface area contributed by atoms with E-state index in [1.54, 1.807) is 22.7 Å². The summed E-state index contributed by atoms with van der Waals surface area (Å²) < 4.78 is 0. The lowest BCUT2D eigenvalue weighted by Gasteiger charge is -2.15. The van der Waals surface area contributed by atoms with Gasteiger partial charge in [0.05, 0.1) is 5.01 Å². The Morgan fingerprint density at radius 2 is 1.79 bits per heavy atom. The first-order valence-electron chi connectivity index (χ1n) is 6.56. The standard InChI is InChI=1S/C15H22N2S2/c1-14(2,3)7-10-8-16-12(19-10)11-9-18-13(17-11)15(4,5)6/h8-9H,7H2,1-6H3. The van der Waals surface area contributed by atoms with Crippen molar-refractivity contribution in [3.63, 3.8) is 0 Å². The Hall–Kier alpha value is -0.740. The Balaban J connectivity index is 2.21. The molecule has 0 amide bonds. The number of thiazole rings is 2. The summed E-state index contributed by atoms with van der Waals surface area (Å²) in [5.74, 6) is 0. The summed E-state index contributed by atoms with van der Waals surface area (Å²) in [6.07, 6.45) is 3.07. The second-order valence-corrected chi connectivity index (χ2v) is 9.13. The van der Waals surface area contributed by atoms with Gasteiger partial charge < -0.3 is 0 Å². The number of hydrogen-bond acceptors (Lipinski definition) is 4. The first-order valence-corrected chi connectivity index (χ1v) is 8.26. The minimum Gasteiger partial charge on any atom is -0.243 e. The minimum atomic E-state index is 0.119. The van der Waals surface area contributed by atoms with Crippen molar-refractivity contribution in [1.29, 1.82) is 0 Å². The van der Waals surface area contributed by atoms with Gasteiger partial charge in [0, 0.05) is 21.9 Å². The van der Waals surface area contributed by atoms with E-state index >= 15 is 0 Å². The zero-order valence-electron chi connectivity index (χ0n) is 12.6. The molecular formula is C15H22N2S2. The van der Waals surface area contributed by atoms with Gasteiger partial charge in [-0.1, -0.05) is 41.5 Å². The highest BCUT2D eigenvalue weighted by Crippen LogP contribution is 2.33. The zero-order chi connectivity index (χ0) is 14.3. The average molecular weight is 294 g/mol. The fourth-order valence-electron chi connectivity index (χ4n) is 1.75. The molecule has 0 aromatic carbocycles. The van der Waals surface area contributed by atoms with Crippen LogP contribution in [0.3, 0.4) is 0 Å². The average Bonchev–Trinajstić information content (AvgIpc) is 2.80. The summed E-state index contributed by atoms with van der Waals surface area (Å²) in [4.78, 5) is 10.6. The number of aromatic nitrogens is 2. The molecule has 0 saturated carbocycles. The van der Waals surface area contributed by atoms with E-state index in [1.165, 1.54) is 9.88 Å². The fourth-order valence-corrected chi connectivity index (χ4v) is 3.89. The Bertz CT molecular complexity index is 553. The molecule has 0 spiro atoms. The number of nitrogens with zero attached hydrogens (tertiary/aromatic N) is 2. The van der Waals surface area contributed by atoms with Gasteiger partial charge >= 0.3 is 0 Å². The Labute approximate surface area is 123 Å². The highest BCUT2D eigenvalue weighted by atomic mass is 32.1. The van der Waals surface area contributed by atoms with Gasteiger partial charge in [-0.2, -0.15) is 0 Å². The van der Waals surface area contributed by atoms with Crippen LogP contribution in [0.1, 0.15) is 51.4 Å². The van der Waals surface area contributed by atoms with Gasteiger partial charge in [0.15, 0.2) is 0 Å². The quantitative estimate of drug-likeness (QED) is 0.765. The van der Waals surface area contributed by atoms with E-state index in [9.17, 15) is 0 Å². The topological polar surface area (TPSA) is 25.8 Å². The molecule has 0 bridgehead atoms. The summed E-state index contributed by atoms with van der Waals surface area (Å²) in [7, 11) is 0. The van der Waals surface area contributed by atoms with Gasteiger partial charge in [-0.3, -0.25) is 0 Å². The maximum Gasteiger partial charge on any atom is 0.142 e. The van der Waals surface area contributed by atoms with Crippen molar-refractivity contribution in [2.24, 2.45) is 5.41 Å². The van der Waals surface area contributed by atoms with Crippen LogP contribution in [0.5, 0.6) is 0 Å². The Kier molecular flexibility index (Phi) is 3.85. The molecule has 104 valence electrons. The molecule has 2 nitrogen and oxygen atoms in total. The van der Waals surface area contributed by atoms with Crippen molar-refractivity contribution in [1.82, 2.24) is 9.97 Å². The lowest BCUT2D eigenvalue weighted by Crippen LogP contribution is -2.10.